The van der Waals surface area contributed by atoms with Crippen molar-refractivity contribution < 1.29 is 4.39 Å². The summed E-state index contributed by atoms with van der Waals surface area (Å²) in [5.74, 6) is 0.524. The summed E-state index contributed by atoms with van der Waals surface area (Å²) in [7, 11) is 0. The monoisotopic (exact) mass is 253 g/mol. The average Bonchev–Trinajstić information content (AvgIpc) is 2.86. The molecule has 0 N–H and O–H groups in total. The Morgan fingerprint density at radius 3 is 2.53 bits per heavy atom. The van der Waals surface area contributed by atoms with E-state index in [1.807, 2.05) is 35.9 Å². The lowest BCUT2D eigenvalue weighted by Crippen LogP contribution is -1.94. The molecule has 0 aliphatic carbocycles. The summed E-state index contributed by atoms with van der Waals surface area (Å²) in [6.07, 6.45) is 5.27. The summed E-state index contributed by atoms with van der Waals surface area (Å²) < 4.78 is 15.5. The lowest BCUT2D eigenvalue weighted by Gasteiger charge is -2.05. The van der Waals surface area contributed by atoms with Crippen molar-refractivity contribution in [1.82, 2.24) is 14.5 Å². The molecular weight excluding hydrogens is 241 g/mol. The van der Waals surface area contributed by atoms with Crippen LogP contribution in [0.3, 0.4) is 0 Å². The lowest BCUT2D eigenvalue weighted by atomic mass is 10.1. The fourth-order valence-electron chi connectivity index (χ4n) is 1.94. The molecule has 0 aliphatic rings. The Hall–Kier alpha value is -2.49. The Morgan fingerprint density at radius 2 is 1.89 bits per heavy atom. The Balaban J connectivity index is 1.97. The van der Waals surface area contributed by atoms with Crippen molar-refractivity contribution >= 4 is 0 Å². The van der Waals surface area contributed by atoms with Gasteiger partial charge in [0.15, 0.2) is 0 Å². The zero-order chi connectivity index (χ0) is 13.2. The SMILES string of the molecule is Cc1cn(-c2ccc(-c3ccccc3F)cn2)cn1. The van der Waals surface area contributed by atoms with Gasteiger partial charge in [-0.3, -0.25) is 4.57 Å². The van der Waals surface area contributed by atoms with Crippen molar-refractivity contribution in [3.8, 4) is 16.9 Å². The van der Waals surface area contributed by atoms with Crippen molar-refractivity contribution in [1.29, 1.82) is 0 Å². The molecule has 4 heteroatoms. The molecule has 3 rings (SSSR count). The van der Waals surface area contributed by atoms with Crippen LogP contribution in [-0.2, 0) is 0 Å². The highest BCUT2D eigenvalue weighted by Crippen LogP contribution is 2.22. The van der Waals surface area contributed by atoms with E-state index in [4.69, 9.17) is 0 Å². The summed E-state index contributed by atoms with van der Waals surface area (Å²) >= 11 is 0. The molecule has 0 amide bonds. The van der Waals surface area contributed by atoms with Crippen LogP contribution in [0.15, 0.2) is 55.1 Å². The number of hydrogen-bond donors (Lipinski definition) is 0. The summed E-state index contributed by atoms with van der Waals surface area (Å²) in [6, 6.07) is 10.4. The van der Waals surface area contributed by atoms with E-state index in [-0.39, 0.29) is 5.82 Å². The van der Waals surface area contributed by atoms with Gasteiger partial charge in [-0.15, -0.1) is 0 Å². The molecule has 0 radical (unpaired) electrons. The smallest absolute Gasteiger partial charge is 0.137 e. The number of benzene rings is 1. The second-order valence-corrected chi connectivity index (χ2v) is 4.31. The van der Waals surface area contributed by atoms with Gasteiger partial charge < -0.3 is 0 Å². The van der Waals surface area contributed by atoms with Crippen LogP contribution >= 0.6 is 0 Å². The summed E-state index contributed by atoms with van der Waals surface area (Å²) in [6.45, 7) is 1.92. The molecule has 0 unspecified atom stereocenters. The number of aromatic nitrogens is 3. The third-order valence-corrected chi connectivity index (χ3v) is 2.91. The first-order valence-electron chi connectivity index (χ1n) is 5.96. The van der Waals surface area contributed by atoms with Gasteiger partial charge in [0, 0.05) is 23.5 Å². The van der Waals surface area contributed by atoms with Gasteiger partial charge in [-0.2, -0.15) is 0 Å². The van der Waals surface area contributed by atoms with Gasteiger partial charge in [0.1, 0.15) is 18.0 Å². The van der Waals surface area contributed by atoms with Crippen molar-refractivity contribution in [2.24, 2.45) is 0 Å². The van der Waals surface area contributed by atoms with Crippen LogP contribution in [0, 0.1) is 12.7 Å². The maximum Gasteiger partial charge on any atom is 0.137 e. The number of aryl methyl sites for hydroxylation is 1. The van der Waals surface area contributed by atoms with Gasteiger partial charge in [0.25, 0.3) is 0 Å². The normalized spacial score (nSPS) is 10.6. The Morgan fingerprint density at radius 1 is 1.05 bits per heavy atom. The van der Waals surface area contributed by atoms with E-state index >= 15 is 0 Å². The van der Waals surface area contributed by atoms with Gasteiger partial charge in [-0.25, -0.2) is 14.4 Å². The zero-order valence-electron chi connectivity index (χ0n) is 10.4. The zero-order valence-corrected chi connectivity index (χ0v) is 10.4. The molecule has 3 nitrogen and oxygen atoms in total. The third kappa shape index (κ3) is 2.25. The van der Waals surface area contributed by atoms with Gasteiger partial charge in [0.2, 0.25) is 0 Å². The van der Waals surface area contributed by atoms with Crippen molar-refractivity contribution in [3.63, 3.8) is 0 Å². The minimum Gasteiger partial charge on any atom is -0.290 e. The molecule has 0 fully saturated rings. The number of imidazole rings is 1. The van der Waals surface area contributed by atoms with Crippen LogP contribution in [0.4, 0.5) is 4.39 Å². The van der Waals surface area contributed by atoms with E-state index in [0.29, 0.717) is 5.56 Å². The molecule has 0 aliphatic heterocycles. The number of nitrogens with zero attached hydrogens (tertiary/aromatic N) is 3. The Kier molecular flexibility index (Phi) is 2.83. The van der Waals surface area contributed by atoms with Crippen LogP contribution in [-0.4, -0.2) is 14.5 Å². The first-order chi connectivity index (χ1) is 9.24. The molecule has 2 heterocycles. The maximum atomic E-state index is 13.7. The lowest BCUT2D eigenvalue weighted by molar-refractivity contribution is 0.631. The fourth-order valence-corrected chi connectivity index (χ4v) is 1.94. The van der Waals surface area contributed by atoms with Gasteiger partial charge >= 0.3 is 0 Å². The minimum atomic E-state index is -0.240. The molecule has 94 valence electrons. The highest BCUT2D eigenvalue weighted by Gasteiger charge is 2.05. The summed E-state index contributed by atoms with van der Waals surface area (Å²) in [5, 5.41) is 0. The summed E-state index contributed by atoms with van der Waals surface area (Å²) in [4.78, 5) is 8.49. The van der Waals surface area contributed by atoms with Crippen molar-refractivity contribution in [2.45, 2.75) is 6.92 Å². The number of hydrogen-bond acceptors (Lipinski definition) is 2. The van der Waals surface area contributed by atoms with E-state index in [2.05, 4.69) is 9.97 Å². The van der Waals surface area contributed by atoms with Crippen LogP contribution in [0.2, 0.25) is 0 Å². The maximum absolute atomic E-state index is 13.7. The average molecular weight is 253 g/mol. The van der Waals surface area contributed by atoms with Gasteiger partial charge in [-0.1, -0.05) is 18.2 Å². The molecular formula is C15H12FN3. The predicted molar refractivity (Wildman–Crippen MR) is 71.5 cm³/mol. The van der Waals surface area contributed by atoms with Crippen LogP contribution in [0.1, 0.15) is 5.69 Å². The fraction of sp³-hybridized carbons (Fsp3) is 0.0667. The third-order valence-electron chi connectivity index (χ3n) is 2.91. The van der Waals surface area contributed by atoms with Crippen LogP contribution in [0.25, 0.3) is 16.9 Å². The van der Waals surface area contributed by atoms with E-state index in [1.165, 1.54) is 6.07 Å². The molecule has 19 heavy (non-hydrogen) atoms. The standard InChI is InChI=1S/C15H12FN3/c1-11-9-19(10-18-11)15-7-6-12(8-17-15)13-4-2-3-5-14(13)16/h2-10H,1H3. The number of halogens is 1. The first kappa shape index (κ1) is 11.6. The van der Waals surface area contributed by atoms with Gasteiger partial charge in [0.05, 0.1) is 5.69 Å². The van der Waals surface area contributed by atoms with E-state index in [9.17, 15) is 4.39 Å². The predicted octanol–water partition coefficient (Wildman–Crippen LogP) is 3.38. The minimum absolute atomic E-state index is 0.240. The molecule has 0 spiro atoms. The molecule has 1 aromatic carbocycles. The number of rotatable bonds is 2. The topological polar surface area (TPSA) is 30.7 Å². The van der Waals surface area contributed by atoms with E-state index in [0.717, 1.165) is 17.1 Å². The van der Waals surface area contributed by atoms with Crippen LogP contribution < -0.4 is 0 Å². The van der Waals surface area contributed by atoms with E-state index < -0.39 is 0 Å². The molecule has 0 saturated carbocycles. The van der Waals surface area contributed by atoms with E-state index in [1.54, 1.807) is 24.7 Å². The molecule has 0 saturated heterocycles. The number of pyridine rings is 1. The van der Waals surface area contributed by atoms with Crippen LogP contribution in [0.5, 0.6) is 0 Å². The van der Waals surface area contributed by atoms with Crippen molar-refractivity contribution in [3.05, 3.63) is 66.6 Å². The van der Waals surface area contributed by atoms with Gasteiger partial charge in [-0.05, 0) is 25.1 Å². The second-order valence-electron chi connectivity index (χ2n) is 4.31. The molecule has 3 aromatic rings. The van der Waals surface area contributed by atoms with Crippen molar-refractivity contribution in [2.75, 3.05) is 0 Å². The Labute approximate surface area is 110 Å². The second kappa shape index (κ2) is 4.65. The largest absolute Gasteiger partial charge is 0.290 e. The highest BCUT2D eigenvalue weighted by atomic mass is 19.1. The molecule has 2 aromatic heterocycles. The Bertz CT molecular complexity index is 701. The quantitative estimate of drug-likeness (QED) is 0.701. The molecule has 0 atom stereocenters. The summed E-state index contributed by atoms with van der Waals surface area (Å²) in [5.41, 5.74) is 2.25. The highest BCUT2D eigenvalue weighted by molar-refractivity contribution is 5.63. The molecule has 0 bridgehead atoms. The first-order valence-corrected chi connectivity index (χ1v) is 5.96.